The summed E-state index contributed by atoms with van der Waals surface area (Å²) in [6.07, 6.45) is 0.649. The molecule has 0 saturated carbocycles. The SMILES string of the molecule is CN(C)Cc1ccc(CNC(=O)C[C@@H]2CSCCS2)cc1. The second-order valence-corrected chi connectivity index (χ2v) is 8.16. The Morgan fingerprint density at radius 3 is 2.57 bits per heavy atom. The van der Waals surface area contributed by atoms with Crippen molar-refractivity contribution in [3.8, 4) is 0 Å². The third-order valence-electron chi connectivity index (χ3n) is 3.31. The highest BCUT2D eigenvalue weighted by Gasteiger charge is 2.17. The summed E-state index contributed by atoms with van der Waals surface area (Å²) in [6.45, 7) is 1.58. The average Bonchev–Trinajstić information content (AvgIpc) is 2.47. The molecule has 1 atom stereocenters. The molecule has 1 heterocycles. The Balaban J connectivity index is 1.73. The molecule has 0 radical (unpaired) electrons. The highest BCUT2D eigenvalue weighted by molar-refractivity contribution is 8.06. The van der Waals surface area contributed by atoms with Gasteiger partial charge in [0, 0.05) is 42.0 Å². The molecule has 1 saturated heterocycles. The van der Waals surface area contributed by atoms with Crippen molar-refractivity contribution in [3.63, 3.8) is 0 Å². The van der Waals surface area contributed by atoms with Gasteiger partial charge in [-0.3, -0.25) is 4.79 Å². The Hall–Kier alpha value is -0.650. The van der Waals surface area contributed by atoms with E-state index in [1.54, 1.807) is 0 Å². The van der Waals surface area contributed by atoms with Gasteiger partial charge in [0.2, 0.25) is 5.91 Å². The number of thioether (sulfide) groups is 2. The van der Waals surface area contributed by atoms with Gasteiger partial charge >= 0.3 is 0 Å². The van der Waals surface area contributed by atoms with E-state index in [1.165, 1.54) is 17.1 Å². The minimum absolute atomic E-state index is 0.173. The zero-order valence-corrected chi connectivity index (χ0v) is 14.4. The maximum absolute atomic E-state index is 12.0. The van der Waals surface area contributed by atoms with Crippen LogP contribution in [-0.2, 0) is 17.9 Å². The van der Waals surface area contributed by atoms with Gasteiger partial charge in [0.25, 0.3) is 0 Å². The number of nitrogens with zero attached hydrogens (tertiary/aromatic N) is 1. The monoisotopic (exact) mass is 324 g/mol. The summed E-state index contributed by atoms with van der Waals surface area (Å²) in [5.41, 5.74) is 2.46. The number of amides is 1. The Morgan fingerprint density at radius 1 is 1.24 bits per heavy atom. The Labute approximate surface area is 136 Å². The van der Waals surface area contributed by atoms with Crippen molar-refractivity contribution in [3.05, 3.63) is 35.4 Å². The van der Waals surface area contributed by atoms with E-state index >= 15 is 0 Å². The van der Waals surface area contributed by atoms with E-state index < -0.39 is 0 Å². The largest absolute Gasteiger partial charge is 0.352 e. The first kappa shape index (κ1) is 16.7. The van der Waals surface area contributed by atoms with Crippen molar-refractivity contribution >= 4 is 29.4 Å². The van der Waals surface area contributed by atoms with Crippen molar-refractivity contribution < 1.29 is 4.79 Å². The lowest BCUT2D eigenvalue weighted by atomic mass is 10.1. The molecule has 3 nitrogen and oxygen atoms in total. The number of nitrogens with one attached hydrogen (secondary N) is 1. The fourth-order valence-corrected chi connectivity index (χ4v) is 4.94. The van der Waals surface area contributed by atoms with Gasteiger partial charge in [0.1, 0.15) is 0 Å². The van der Waals surface area contributed by atoms with Crippen molar-refractivity contribution in [2.24, 2.45) is 0 Å². The van der Waals surface area contributed by atoms with Crippen LogP contribution in [0.15, 0.2) is 24.3 Å². The third-order valence-corrected chi connectivity index (χ3v) is 6.15. The van der Waals surface area contributed by atoms with Crippen LogP contribution in [0.1, 0.15) is 17.5 Å². The van der Waals surface area contributed by atoms with Crippen LogP contribution in [0, 0.1) is 0 Å². The van der Waals surface area contributed by atoms with Crippen LogP contribution in [0.2, 0.25) is 0 Å². The smallest absolute Gasteiger partial charge is 0.221 e. The summed E-state index contributed by atoms with van der Waals surface area (Å²) in [7, 11) is 4.13. The maximum atomic E-state index is 12.0. The normalized spacial score (nSPS) is 18.7. The zero-order valence-electron chi connectivity index (χ0n) is 12.8. The molecule has 116 valence electrons. The van der Waals surface area contributed by atoms with Crippen molar-refractivity contribution in [2.45, 2.75) is 24.8 Å². The molecule has 21 heavy (non-hydrogen) atoms. The number of carbonyl (C=O) groups excluding carboxylic acids is 1. The van der Waals surface area contributed by atoms with Gasteiger partial charge in [-0.05, 0) is 25.2 Å². The van der Waals surface area contributed by atoms with Crippen LogP contribution in [0.25, 0.3) is 0 Å². The average molecular weight is 325 g/mol. The third kappa shape index (κ3) is 6.32. The van der Waals surface area contributed by atoms with Crippen molar-refractivity contribution in [1.82, 2.24) is 10.2 Å². The van der Waals surface area contributed by atoms with E-state index in [1.807, 2.05) is 23.5 Å². The van der Waals surface area contributed by atoms with Gasteiger partial charge in [-0.2, -0.15) is 23.5 Å². The molecular formula is C16H24N2OS2. The van der Waals surface area contributed by atoms with Crippen molar-refractivity contribution in [1.29, 1.82) is 0 Å². The number of rotatable bonds is 6. The molecule has 1 aliphatic heterocycles. The van der Waals surface area contributed by atoms with E-state index in [9.17, 15) is 4.79 Å². The van der Waals surface area contributed by atoms with Crippen LogP contribution >= 0.6 is 23.5 Å². The number of carbonyl (C=O) groups is 1. The fourth-order valence-electron chi connectivity index (χ4n) is 2.26. The van der Waals surface area contributed by atoms with Crippen LogP contribution in [0.3, 0.4) is 0 Å². The minimum atomic E-state index is 0.173. The summed E-state index contributed by atoms with van der Waals surface area (Å²) in [5, 5.41) is 3.53. The minimum Gasteiger partial charge on any atom is -0.352 e. The van der Waals surface area contributed by atoms with Crippen LogP contribution in [-0.4, -0.2) is 47.4 Å². The fraction of sp³-hybridized carbons (Fsp3) is 0.562. The van der Waals surface area contributed by atoms with E-state index in [0.29, 0.717) is 18.2 Å². The summed E-state index contributed by atoms with van der Waals surface area (Å²) < 4.78 is 0. The molecule has 2 rings (SSSR count). The molecule has 1 amide bonds. The summed E-state index contributed by atoms with van der Waals surface area (Å²) >= 11 is 3.90. The zero-order chi connectivity index (χ0) is 15.1. The molecule has 0 spiro atoms. The number of hydrogen-bond acceptors (Lipinski definition) is 4. The molecule has 0 aliphatic carbocycles. The van der Waals surface area contributed by atoms with Gasteiger partial charge in [0.05, 0.1) is 0 Å². The van der Waals surface area contributed by atoms with E-state index in [2.05, 4.69) is 48.6 Å². The summed E-state index contributed by atoms with van der Waals surface area (Å²) in [4.78, 5) is 14.1. The van der Waals surface area contributed by atoms with E-state index in [0.717, 1.165) is 17.9 Å². The predicted molar refractivity (Wildman–Crippen MR) is 93.9 cm³/mol. The quantitative estimate of drug-likeness (QED) is 0.872. The van der Waals surface area contributed by atoms with Gasteiger partial charge in [0.15, 0.2) is 0 Å². The molecule has 1 aromatic rings. The molecular weight excluding hydrogens is 300 g/mol. The second-order valence-electron chi connectivity index (χ2n) is 5.60. The first-order valence-corrected chi connectivity index (χ1v) is 9.52. The van der Waals surface area contributed by atoms with Crippen LogP contribution in [0.5, 0.6) is 0 Å². The van der Waals surface area contributed by atoms with Crippen LogP contribution in [0.4, 0.5) is 0 Å². The summed E-state index contributed by atoms with van der Waals surface area (Å²) in [6, 6.07) is 8.47. The lowest BCUT2D eigenvalue weighted by molar-refractivity contribution is -0.121. The summed E-state index contributed by atoms with van der Waals surface area (Å²) in [5.74, 6) is 3.68. The van der Waals surface area contributed by atoms with Gasteiger partial charge in [-0.25, -0.2) is 0 Å². The topological polar surface area (TPSA) is 32.3 Å². The van der Waals surface area contributed by atoms with E-state index in [4.69, 9.17) is 0 Å². The van der Waals surface area contributed by atoms with Gasteiger partial charge in [-0.1, -0.05) is 24.3 Å². The van der Waals surface area contributed by atoms with Crippen LogP contribution < -0.4 is 5.32 Å². The van der Waals surface area contributed by atoms with Gasteiger partial charge in [-0.15, -0.1) is 0 Å². The number of benzene rings is 1. The highest BCUT2D eigenvalue weighted by Crippen LogP contribution is 2.26. The Morgan fingerprint density at radius 2 is 1.95 bits per heavy atom. The molecule has 1 aromatic carbocycles. The molecule has 0 bridgehead atoms. The predicted octanol–water partition coefficient (Wildman–Crippen LogP) is 2.60. The highest BCUT2D eigenvalue weighted by atomic mass is 32.2. The lowest BCUT2D eigenvalue weighted by Gasteiger charge is -2.20. The van der Waals surface area contributed by atoms with Gasteiger partial charge < -0.3 is 10.2 Å². The molecule has 1 fully saturated rings. The first-order chi connectivity index (χ1) is 10.1. The number of hydrogen-bond donors (Lipinski definition) is 1. The molecule has 1 aliphatic rings. The maximum Gasteiger partial charge on any atom is 0.221 e. The first-order valence-electron chi connectivity index (χ1n) is 7.32. The Bertz CT molecular complexity index is 442. The second kappa shape index (κ2) is 8.71. The molecule has 0 aromatic heterocycles. The molecule has 5 heteroatoms. The van der Waals surface area contributed by atoms with E-state index in [-0.39, 0.29) is 5.91 Å². The standard InChI is InChI=1S/C16H24N2OS2/c1-18(2)11-14-5-3-13(4-6-14)10-17-16(19)9-15-12-20-7-8-21-15/h3-6,15H,7-12H2,1-2H3,(H,17,19)/t15-/m1/s1. The molecule has 1 N–H and O–H groups in total. The van der Waals surface area contributed by atoms with Crippen molar-refractivity contribution in [2.75, 3.05) is 31.4 Å². The molecule has 0 unspecified atom stereocenters. The Kier molecular flexibility index (Phi) is 6.93. The lowest BCUT2D eigenvalue weighted by Crippen LogP contribution is -2.28.